The molecule has 0 radical (unpaired) electrons. The van der Waals surface area contributed by atoms with Gasteiger partial charge in [0, 0.05) is 22.1 Å². The van der Waals surface area contributed by atoms with Crippen molar-refractivity contribution in [2.45, 2.75) is 92.9 Å². The highest BCUT2D eigenvalue weighted by atomic mass is 32.9. The van der Waals surface area contributed by atoms with Gasteiger partial charge in [-0.2, -0.15) is 0 Å². The van der Waals surface area contributed by atoms with Gasteiger partial charge < -0.3 is 5.11 Å². The molecule has 0 aliphatic carbocycles. The Labute approximate surface area is 190 Å². The third-order valence-electron chi connectivity index (χ3n) is 5.33. The minimum atomic E-state index is -0.147. The third kappa shape index (κ3) is 6.15. The number of rotatable bonds is 5. The quantitative estimate of drug-likeness (QED) is 0.361. The largest absolute Gasteiger partial charge is 0.507 e. The van der Waals surface area contributed by atoms with Crippen molar-refractivity contribution < 1.29 is 5.11 Å². The van der Waals surface area contributed by atoms with Crippen molar-refractivity contribution in [1.29, 1.82) is 0 Å². The zero-order valence-corrected chi connectivity index (χ0v) is 22.3. The fourth-order valence-corrected chi connectivity index (χ4v) is 7.45. The van der Waals surface area contributed by atoms with Crippen LogP contribution in [0.15, 0.2) is 17.5 Å². The van der Waals surface area contributed by atoms with E-state index in [1.807, 2.05) is 0 Å². The van der Waals surface area contributed by atoms with Crippen molar-refractivity contribution in [2.24, 2.45) is 10.8 Å². The fraction of sp³-hybridized carbons (Fsp3) is 0.640. The van der Waals surface area contributed by atoms with Crippen LogP contribution < -0.4 is 0 Å². The average Bonchev–Trinajstić information content (AvgIpc) is 2.88. The van der Waals surface area contributed by atoms with Gasteiger partial charge in [0.15, 0.2) is 0 Å². The second-order valence-corrected chi connectivity index (χ2v) is 14.9. The van der Waals surface area contributed by atoms with E-state index < -0.39 is 0 Å². The molecule has 2 rings (SSSR count). The van der Waals surface area contributed by atoms with E-state index in [1.165, 1.54) is 0 Å². The molecular formula is C25H38OS3. The summed E-state index contributed by atoms with van der Waals surface area (Å²) in [4.78, 5) is 0. The Morgan fingerprint density at radius 2 is 1.21 bits per heavy atom. The van der Waals surface area contributed by atoms with E-state index in [4.69, 9.17) is 12.2 Å². The molecule has 0 bridgehead atoms. The monoisotopic (exact) mass is 450 g/mol. The predicted octanol–water partition coefficient (Wildman–Crippen LogP) is 9.34. The second kappa shape index (κ2) is 8.09. The van der Waals surface area contributed by atoms with Gasteiger partial charge in [-0.15, -0.1) is 0 Å². The molecule has 0 saturated heterocycles. The lowest BCUT2D eigenvalue weighted by Crippen LogP contribution is -2.28. The molecule has 0 amide bonds. The summed E-state index contributed by atoms with van der Waals surface area (Å²) in [6, 6.07) is 4.37. The van der Waals surface area contributed by atoms with Crippen molar-refractivity contribution in [3.05, 3.63) is 32.5 Å². The molecule has 4 heteroatoms. The van der Waals surface area contributed by atoms with Gasteiger partial charge in [0.25, 0.3) is 0 Å². The SMILES string of the molecule is CC(C)(C)CC(C)(C)c1cc(-c2cssc2=S)cc(C(C)(C)CC(C)(C)C)c1O. The maximum Gasteiger partial charge on any atom is 0.123 e. The number of hydrogen-bond acceptors (Lipinski definition) is 4. The zero-order valence-electron chi connectivity index (χ0n) is 19.8. The van der Waals surface area contributed by atoms with E-state index >= 15 is 0 Å². The number of hydrogen-bond donors (Lipinski definition) is 1. The molecule has 0 spiro atoms. The van der Waals surface area contributed by atoms with Crippen LogP contribution in [0.4, 0.5) is 0 Å². The summed E-state index contributed by atoms with van der Waals surface area (Å²) in [7, 11) is 3.33. The van der Waals surface area contributed by atoms with E-state index in [-0.39, 0.29) is 21.7 Å². The lowest BCUT2D eigenvalue weighted by atomic mass is 9.67. The highest BCUT2D eigenvalue weighted by Crippen LogP contribution is 2.48. The Bertz CT molecular complexity index is 866. The minimum Gasteiger partial charge on any atom is -0.507 e. The molecule has 29 heavy (non-hydrogen) atoms. The molecule has 1 aromatic heterocycles. The van der Waals surface area contributed by atoms with Gasteiger partial charge in [-0.25, -0.2) is 0 Å². The van der Waals surface area contributed by atoms with E-state index in [2.05, 4.69) is 86.8 Å². The van der Waals surface area contributed by atoms with Crippen LogP contribution >= 0.6 is 32.9 Å². The smallest absolute Gasteiger partial charge is 0.123 e. The van der Waals surface area contributed by atoms with E-state index in [0.29, 0.717) is 5.75 Å². The number of phenolic OH excluding ortho intramolecular Hbond substituents is 1. The highest BCUT2D eigenvalue weighted by Gasteiger charge is 2.35. The number of phenols is 1. The minimum absolute atomic E-state index is 0.147. The predicted molar refractivity (Wildman–Crippen MR) is 134 cm³/mol. The maximum absolute atomic E-state index is 11.5. The molecular weight excluding hydrogens is 412 g/mol. The molecule has 1 N–H and O–H groups in total. The molecule has 1 nitrogen and oxygen atoms in total. The normalized spacial score (nSPS) is 13.7. The van der Waals surface area contributed by atoms with Gasteiger partial charge in [0.2, 0.25) is 0 Å². The summed E-state index contributed by atoms with van der Waals surface area (Å²) < 4.78 is 0.930. The average molecular weight is 451 g/mol. The first kappa shape index (κ1) is 24.6. The maximum atomic E-state index is 11.5. The van der Waals surface area contributed by atoms with E-state index in [9.17, 15) is 5.11 Å². The summed E-state index contributed by atoms with van der Waals surface area (Å²) in [6.45, 7) is 22.6. The molecule has 0 saturated carbocycles. The summed E-state index contributed by atoms with van der Waals surface area (Å²) in [6.07, 6.45) is 1.98. The molecule has 0 atom stereocenters. The van der Waals surface area contributed by atoms with Gasteiger partial charge in [-0.1, -0.05) is 102 Å². The van der Waals surface area contributed by atoms with Gasteiger partial charge in [-0.05, 0) is 52.2 Å². The second-order valence-electron chi connectivity index (χ2n) is 12.2. The van der Waals surface area contributed by atoms with Crippen LogP contribution in [-0.2, 0) is 10.8 Å². The van der Waals surface area contributed by atoms with Crippen LogP contribution in [0, 0.1) is 14.7 Å². The topological polar surface area (TPSA) is 20.2 Å². The molecule has 162 valence electrons. The van der Waals surface area contributed by atoms with Crippen molar-refractivity contribution in [2.75, 3.05) is 0 Å². The van der Waals surface area contributed by atoms with Crippen molar-refractivity contribution in [3.8, 4) is 16.9 Å². The molecule has 1 aromatic carbocycles. The Morgan fingerprint density at radius 1 is 0.793 bits per heavy atom. The first-order valence-electron chi connectivity index (χ1n) is 10.4. The first-order chi connectivity index (χ1) is 12.9. The Morgan fingerprint density at radius 3 is 1.52 bits per heavy atom. The van der Waals surface area contributed by atoms with Crippen LogP contribution in [-0.4, -0.2) is 5.11 Å². The third-order valence-corrected chi connectivity index (χ3v) is 8.00. The van der Waals surface area contributed by atoms with Crippen molar-refractivity contribution in [3.63, 3.8) is 0 Å². The lowest BCUT2D eigenvalue weighted by molar-refractivity contribution is 0.268. The Kier molecular flexibility index (Phi) is 6.85. The summed E-state index contributed by atoms with van der Waals surface area (Å²) in [5.41, 5.74) is 4.37. The number of aromatic hydroxyl groups is 1. The van der Waals surface area contributed by atoms with Gasteiger partial charge in [-0.3, -0.25) is 0 Å². The standard InChI is InChI=1S/C25H38OS3/c1-22(2,3)14-24(7,8)18-11-16(17-13-28-29-21(17)27)12-19(20(18)26)25(9,10)15-23(4,5)6/h11-13,26H,14-15H2,1-10H3. The van der Waals surface area contributed by atoms with Gasteiger partial charge in [0.1, 0.15) is 9.57 Å². The lowest BCUT2D eigenvalue weighted by Gasteiger charge is -2.37. The van der Waals surface area contributed by atoms with Crippen LogP contribution in [0.3, 0.4) is 0 Å². The highest BCUT2D eigenvalue weighted by molar-refractivity contribution is 7.79. The van der Waals surface area contributed by atoms with Crippen LogP contribution in [0.25, 0.3) is 11.1 Å². The van der Waals surface area contributed by atoms with Gasteiger partial charge in [0.05, 0.1) is 0 Å². The zero-order chi connectivity index (χ0) is 22.4. The molecule has 0 unspecified atom stereocenters. The first-order valence-corrected chi connectivity index (χ1v) is 13.0. The van der Waals surface area contributed by atoms with Crippen molar-refractivity contribution in [1.82, 2.24) is 0 Å². The Hall–Kier alpha value is -0.710. The summed E-state index contributed by atoms with van der Waals surface area (Å²) in [5, 5.41) is 13.7. The van der Waals surface area contributed by atoms with Crippen LogP contribution in [0.2, 0.25) is 0 Å². The van der Waals surface area contributed by atoms with Crippen LogP contribution in [0.5, 0.6) is 5.75 Å². The summed E-state index contributed by atoms with van der Waals surface area (Å²) >= 11 is 5.62. The van der Waals surface area contributed by atoms with E-state index in [1.54, 1.807) is 20.7 Å². The Balaban J connectivity index is 2.78. The fourth-order valence-electron chi connectivity index (χ4n) is 5.06. The molecule has 0 aliphatic heterocycles. The molecule has 0 fully saturated rings. The van der Waals surface area contributed by atoms with Gasteiger partial charge >= 0.3 is 0 Å². The molecule has 1 heterocycles. The summed E-state index contributed by atoms with van der Waals surface area (Å²) in [5.74, 6) is 0.460. The van der Waals surface area contributed by atoms with E-state index in [0.717, 1.165) is 38.9 Å². The molecule has 2 aromatic rings. The number of benzene rings is 1. The molecule has 0 aliphatic rings. The van der Waals surface area contributed by atoms with Crippen molar-refractivity contribution >= 4 is 32.9 Å². The van der Waals surface area contributed by atoms with Crippen LogP contribution in [0.1, 0.15) is 93.2 Å².